The number of halogens is 1. The number of nitrogens with one attached hydrogen (secondary N) is 1. The fourth-order valence-electron chi connectivity index (χ4n) is 2.94. The molecule has 1 aromatic rings. The van der Waals surface area contributed by atoms with Gasteiger partial charge in [0, 0.05) is 21.8 Å². The van der Waals surface area contributed by atoms with Gasteiger partial charge in [-0.2, -0.15) is 0 Å². The lowest BCUT2D eigenvalue weighted by molar-refractivity contribution is 0.0921. The van der Waals surface area contributed by atoms with Crippen LogP contribution in [0.1, 0.15) is 55.8 Å². The van der Waals surface area contributed by atoms with Crippen molar-refractivity contribution in [3.8, 4) is 0 Å². The van der Waals surface area contributed by atoms with Crippen LogP contribution in [-0.2, 0) is 0 Å². The molecule has 1 aliphatic carbocycles. The van der Waals surface area contributed by atoms with Gasteiger partial charge in [0.15, 0.2) is 0 Å². The number of nitrogen functional groups attached to an aromatic ring is 1. The Morgan fingerprint density at radius 3 is 2.65 bits per heavy atom. The zero-order chi connectivity index (χ0) is 14.5. The zero-order valence-corrected chi connectivity index (χ0v) is 13.6. The molecule has 20 heavy (non-hydrogen) atoms. The first-order chi connectivity index (χ1) is 9.60. The van der Waals surface area contributed by atoms with E-state index in [1.54, 1.807) is 18.2 Å². The van der Waals surface area contributed by atoms with E-state index in [-0.39, 0.29) is 5.91 Å². The fraction of sp³-hybridized carbons (Fsp3) is 0.562. The lowest BCUT2D eigenvalue weighted by Gasteiger charge is -2.29. The SMILES string of the molecule is CCCC1CCC(NC(=O)c2ccc(N)c(Br)c2)CC1. The van der Waals surface area contributed by atoms with Gasteiger partial charge in [-0.25, -0.2) is 0 Å². The minimum atomic E-state index is 0.00430. The maximum atomic E-state index is 12.2. The smallest absolute Gasteiger partial charge is 0.251 e. The van der Waals surface area contributed by atoms with Gasteiger partial charge in [-0.1, -0.05) is 19.8 Å². The quantitative estimate of drug-likeness (QED) is 0.811. The molecule has 1 aromatic carbocycles. The van der Waals surface area contributed by atoms with Crippen LogP contribution in [0.15, 0.2) is 22.7 Å². The van der Waals surface area contributed by atoms with Crippen LogP contribution in [0.2, 0.25) is 0 Å². The van der Waals surface area contributed by atoms with Gasteiger partial charge in [-0.15, -0.1) is 0 Å². The van der Waals surface area contributed by atoms with Gasteiger partial charge in [0.2, 0.25) is 0 Å². The predicted molar refractivity (Wildman–Crippen MR) is 86.7 cm³/mol. The Morgan fingerprint density at radius 1 is 1.35 bits per heavy atom. The summed E-state index contributed by atoms with van der Waals surface area (Å²) in [5.41, 5.74) is 7.06. The Hall–Kier alpha value is -1.03. The van der Waals surface area contributed by atoms with Crippen LogP contribution >= 0.6 is 15.9 Å². The van der Waals surface area contributed by atoms with Crippen LogP contribution in [0.3, 0.4) is 0 Å². The number of anilines is 1. The average molecular weight is 339 g/mol. The Kier molecular flexibility index (Phi) is 5.46. The van der Waals surface area contributed by atoms with Gasteiger partial charge in [0.25, 0.3) is 5.91 Å². The molecule has 0 spiro atoms. The second-order valence-corrected chi connectivity index (χ2v) is 6.57. The molecule has 0 unspecified atom stereocenters. The summed E-state index contributed by atoms with van der Waals surface area (Å²) in [6.45, 7) is 2.24. The van der Waals surface area contributed by atoms with E-state index in [2.05, 4.69) is 28.2 Å². The number of rotatable bonds is 4. The molecule has 0 saturated heterocycles. The van der Waals surface area contributed by atoms with E-state index >= 15 is 0 Å². The minimum Gasteiger partial charge on any atom is -0.398 e. The highest BCUT2D eigenvalue weighted by atomic mass is 79.9. The molecule has 3 N–H and O–H groups in total. The summed E-state index contributed by atoms with van der Waals surface area (Å²) < 4.78 is 0.775. The van der Waals surface area contributed by atoms with Crippen LogP contribution < -0.4 is 11.1 Å². The van der Waals surface area contributed by atoms with Crippen molar-refractivity contribution >= 4 is 27.5 Å². The number of benzene rings is 1. The fourth-order valence-corrected chi connectivity index (χ4v) is 3.32. The summed E-state index contributed by atoms with van der Waals surface area (Å²) in [4.78, 5) is 12.2. The van der Waals surface area contributed by atoms with E-state index in [0.717, 1.165) is 23.2 Å². The molecule has 0 aromatic heterocycles. The molecule has 1 saturated carbocycles. The second kappa shape index (κ2) is 7.11. The monoisotopic (exact) mass is 338 g/mol. The Bertz CT molecular complexity index is 468. The number of carbonyl (C=O) groups excluding carboxylic acids is 1. The Labute approximate surface area is 129 Å². The molecule has 2 rings (SSSR count). The lowest BCUT2D eigenvalue weighted by Crippen LogP contribution is -2.37. The van der Waals surface area contributed by atoms with Crippen molar-refractivity contribution in [3.05, 3.63) is 28.2 Å². The van der Waals surface area contributed by atoms with Crippen molar-refractivity contribution in [2.45, 2.75) is 51.5 Å². The molecule has 0 bridgehead atoms. The molecule has 1 amide bonds. The van der Waals surface area contributed by atoms with Gasteiger partial charge >= 0.3 is 0 Å². The molecule has 4 heteroatoms. The second-order valence-electron chi connectivity index (χ2n) is 5.72. The standard InChI is InChI=1S/C16H23BrN2O/c1-2-3-11-4-7-13(8-5-11)19-16(20)12-6-9-15(18)14(17)10-12/h6,9-11,13H,2-5,7-8,18H2,1H3,(H,19,20). The van der Waals surface area contributed by atoms with Crippen LogP contribution in [0.4, 0.5) is 5.69 Å². The highest BCUT2D eigenvalue weighted by Gasteiger charge is 2.22. The third-order valence-electron chi connectivity index (χ3n) is 4.14. The van der Waals surface area contributed by atoms with Gasteiger partial charge < -0.3 is 11.1 Å². The maximum absolute atomic E-state index is 12.2. The average Bonchev–Trinajstić information content (AvgIpc) is 2.44. The number of hydrogen-bond donors (Lipinski definition) is 2. The predicted octanol–water partition coefficient (Wildman–Crippen LogP) is 4.12. The highest BCUT2D eigenvalue weighted by molar-refractivity contribution is 9.10. The highest BCUT2D eigenvalue weighted by Crippen LogP contribution is 2.28. The van der Waals surface area contributed by atoms with Crippen LogP contribution in [-0.4, -0.2) is 11.9 Å². The first-order valence-corrected chi connectivity index (χ1v) is 8.25. The zero-order valence-electron chi connectivity index (χ0n) is 12.0. The molecular weight excluding hydrogens is 316 g/mol. The third kappa shape index (κ3) is 3.98. The number of amides is 1. The Balaban J connectivity index is 1.87. The maximum Gasteiger partial charge on any atom is 0.251 e. The van der Waals surface area contributed by atoms with E-state index in [4.69, 9.17) is 5.73 Å². The van der Waals surface area contributed by atoms with Crippen molar-refractivity contribution in [1.29, 1.82) is 0 Å². The Morgan fingerprint density at radius 2 is 2.05 bits per heavy atom. The normalized spacial score (nSPS) is 22.5. The summed E-state index contributed by atoms with van der Waals surface area (Å²) in [6, 6.07) is 5.65. The molecule has 0 atom stereocenters. The summed E-state index contributed by atoms with van der Waals surface area (Å²) in [5.74, 6) is 0.864. The summed E-state index contributed by atoms with van der Waals surface area (Å²) in [5, 5.41) is 3.14. The minimum absolute atomic E-state index is 0.00430. The first kappa shape index (κ1) is 15.4. The summed E-state index contributed by atoms with van der Waals surface area (Å²) in [6.07, 6.45) is 7.28. The topological polar surface area (TPSA) is 55.1 Å². The van der Waals surface area contributed by atoms with Crippen LogP contribution in [0, 0.1) is 5.92 Å². The van der Waals surface area contributed by atoms with Crippen LogP contribution in [0.5, 0.6) is 0 Å². The molecular formula is C16H23BrN2O. The van der Waals surface area contributed by atoms with E-state index in [9.17, 15) is 4.79 Å². The number of nitrogens with two attached hydrogens (primary N) is 1. The van der Waals surface area contributed by atoms with E-state index in [0.29, 0.717) is 17.3 Å². The van der Waals surface area contributed by atoms with E-state index < -0.39 is 0 Å². The molecule has 110 valence electrons. The molecule has 3 nitrogen and oxygen atoms in total. The molecule has 0 aliphatic heterocycles. The van der Waals surface area contributed by atoms with Crippen molar-refractivity contribution in [2.75, 3.05) is 5.73 Å². The van der Waals surface area contributed by atoms with Crippen LogP contribution in [0.25, 0.3) is 0 Å². The van der Waals surface area contributed by atoms with Gasteiger partial charge in [0.05, 0.1) is 0 Å². The largest absolute Gasteiger partial charge is 0.398 e. The molecule has 1 fully saturated rings. The number of hydrogen-bond acceptors (Lipinski definition) is 2. The molecule has 0 radical (unpaired) electrons. The summed E-state index contributed by atoms with van der Waals surface area (Å²) in [7, 11) is 0. The van der Waals surface area contributed by atoms with Gasteiger partial charge in [-0.05, 0) is 65.7 Å². The molecule has 0 heterocycles. The molecule has 1 aliphatic rings. The van der Waals surface area contributed by atoms with Gasteiger partial charge in [0.1, 0.15) is 0 Å². The lowest BCUT2D eigenvalue weighted by atomic mass is 9.83. The van der Waals surface area contributed by atoms with Crippen molar-refractivity contribution in [1.82, 2.24) is 5.32 Å². The van der Waals surface area contributed by atoms with Crippen molar-refractivity contribution in [3.63, 3.8) is 0 Å². The van der Waals surface area contributed by atoms with E-state index in [1.165, 1.54) is 25.7 Å². The van der Waals surface area contributed by atoms with Crippen molar-refractivity contribution in [2.24, 2.45) is 5.92 Å². The van der Waals surface area contributed by atoms with Crippen molar-refractivity contribution < 1.29 is 4.79 Å². The first-order valence-electron chi connectivity index (χ1n) is 7.46. The third-order valence-corrected chi connectivity index (χ3v) is 4.83. The number of carbonyl (C=O) groups is 1. The summed E-state index contributed by atoms with van der Waals surface area (Å²) >= 11 is 3.36. The van der Waals surface area contributed by atoms with Gasteiger partial charge in [-0.3, -0.25) is 4.79 Å². The van der Waals surface area contributed by atoms with E-state index in [1.807, 2.05) is 0 Å².